The standard InChI is InChI=1S/C20H22N4O3/c1-14-4-3-5-15(2)18(14)22-19(26)16-6-7-21-17(12-16)20(27)24-10-8-23(13-25)9-11-24/h3-7,12-13H,8-11H2,1-2H3,(H,22,26). The topological polar surface area (TPSA) is 82.6 Å². The summed E-state index contributed by atoms with van der Waals surface area (Å²) in [5, 5.41) is 2.92. The van der Waals surface area contributed by atoms with Gasteiger partial charge in [-0.2, -0.15) is 0 Å². The number of rotatable bonds is 4. The monoisotopic (exact) mass is 366 g/mol. The smallest absolute Gasteiger partial charge is 0.272 e. The molecule has 3 amide bonds. The van der Waals surface area contributed by atoms with Crippen molar-refractivity contribution in [2.45, 2.75) is 13.8 Å². The van der Waals surface area contributed by atoms with Crippen molar-refractivity contribution >= 4 is 23.9 Å². The first-order valence-corrected chi connectivity index (χ1v) is 8.82. The number of hydrogen-bond acceptors (Lipinski definition) is 4. The molecule has 0 unspecified atom stereocenters. The van der Waals surface area contributed by atoms with Gasteiger partial charge in [-0.05, 0) is 37.1 Å². The Hall–Kier alpha value is -3.22. The molecular formula is C20H22N4O3. The molecule has 1 saturated heterocycles. The molecule has 0 aliphatic carbocycles. The third kappa shape index (κ3) is 4.13. The molecule has 3 rings (SSSR count). The minimum absolute atomic E-state index is 0.226. The fraction of sp³-hybridized carbons (Fsp3) is 0.300. The number of para-hydroxylation sites is 1. The predicted octanol–water partition coefficient (Wildman–Crippen LogP) is 1.86. The van der Waals surface area contributed by atoms with Crippen LogP contribution in [0.4, 0.5) is 5.69 Å². The Morgan fingerprint density at radius 1 is 1.07 bits per heavy atom. The van der Waals surface area contributed by atoms with Gasteiger partial charge in [-0.3, -0.25) is 19.4 Å². The predicted molar refractivity (Wildman–Crippen MR) is 102 cm³/mol. The second kappa shape index (κ2) is 7.99. The SMILES string of the molecule is Cc1cccc(C)c1NC(=O)c1ccnc(C(=O)N2CCN(C=O)CC2)c1. The van der Waals surface area contributed by atoms with Crippen LogP contribution in [-0.4, -0.2) is 59.2 Å². The van der Waals surface area contributed by atoms with E-state index in [-0.39, 0.29) is 17.5 Å². The second-order valence-electron chi connectivity index (χ2n) is 6.58. The summed E-state index contributed by atoms with van der Waals surface area (Å²) in [6.07, 6.45) is 2.26. The summed E-state index contributed by atoms with van der Waals surface area (Å²) >= 11 is 0. The van der Waals surface area contributed by atoms with E-state index in [2.05, 4.69) is 10.3 Å². The third-order valence-corrected chi connectivity index (χ3v) is 4.71. The number of aromatic nitrogens is 1. The highest BCUT2D eigenvalue weighted by Gasteiger charge is 2.23. The van der Waals surface area contributed by atoms with E-state index < -0.39 is 0 Å². The van der Waals surface area contributed by atoms with Crippen LogP contribution in [-0.2, 0) is 4.79 Å². The maximum Gasteiger partial charge on any atom is 0.272 e. The van der Waals surface area contributed by atoms with Crippen LogP contribution >= 0.6 is 0 Å². The first-order valence-electron chi connectivity index (χ1n) is 8.82. The van der Waals surface area contributed by atoms with Crippen LogP contribution in [0.2, 0.25) is 0 Å². The summed E-state index contributed by atoms with van der Waals surface area (Å²) < 4.78 is 0. The number of anilines is 1. The van der Waals surface area contributed by atoms with E-state index in [4.69, 9.17) is 0 Å². The molecule has 1 fully saturated rings. The Bertz CT molecular complexity index is 853. The number of pyridine rings is 1. The average Bonchev–Trinajstić information content (AvgIpc) is 2.70. The summed E-state index contributed by atoms with van der Waals surface area (Å²) in [7, 11) is 0. The minimum Gasteiger partial charge on any atom is -0.342 e. The van der Waals surface area contributed by atoms with E-state index in [1.54, 1.807) is 15.9 Å². The van der Waals surface area contributed by atoms with E-state index in [9.17, 15) is 14.4 Å². The maximum absolute atomic E-state index is 12.7. The summed E-state index contributed by atoms with van der Waals surface area (Å²) in [5.41, 5.74) is 3.33. The molecule has 2 aromatic rings. The van der Waals surface area contributed by atoms with E-state index in [1.807, 2.05) is 32.0 Å². The van der Waals surface area contributed by atoms with Gasteiger partial charge in [0, 0.05) is 43.6 Å². The zero-order valence-corrected chi connectivity index (χ0v) is 15.4. The molecule has 1 aromatic carbocycles. The molecule has 2 heterocycles. The Kier molecular flexibility index (Phi) is 5.49. The largest absolute Gasteiger partial charge is 0.342 e. The van der Waals surface area contributed by atoms with Crippen molar-refractivity contribution < 1.29 is 14.4 Å². The number of carbonyl (C=O) groups excluding carboxylic acids is 3. The van der Waals surface area contributed by atoms with Crippen LogP contribution in [0.1, 0.15) is 32.0 Å². The second-order valence-corrected chi connectivity index (χ2v) is 6.58. The summed E-state index contributed by atoms with van der Waals surface area (Å²) in [4.78, 5) is 43.5. The number of aryl methyl sites for hydroxylation is 2. The van der Waals surface area contributed by atoms with Crippen LogP contribution in [0.15, 0.2) is 36.5 Å². The number of nitrogens with one attached hydrogen (secondary N) is 1. The molecule has 27 heavy (non-hydrogen) atoms. The van der Waals surface area contributed by atoms with Gasteiger partial charge in [0.25, 0.3) is 11.8 Å². The van der Waals surface area contributed by atoms with Crippen molar-refractivity contribution in [3.63, 3.8) is 0 Å². The molecule has 1 aliphatic rings. The van der Waals surface area contributed by atoms with Crippen LogP contribution in [0, 0.1) is 13.8 Å². The van der Waals surface area contributed by atoms with Crippen molar-refractivity contribution in [2.24, 2.45) is 0 Å². The highest BCUT2D eigenvalue weighted by Crippen LogP contribution is 2.20. The van der Waals surface area contributed by atoms with Crippen molar-refractivity contribution in [3.05, 3.63) is 58.9 Å². The fourth-order valence-corrected chi connectivity index (χ4v) is 3.08. The lowest BCUT2D eigenvalue weighted by Crippen LogP contribution is -2.48. The number of nitrogens with zero attached hydrogens (tertiary/aromatic N) is 3. The van der Waals surface area contributed by atoms with Gasteiger partial charge >= 0.3 is 0 Å². The highest BCUT2D eigenvalue weighted by molar-refractivity contribution is 6.06. The van der Waals surface area contributed by atoms with Gasteiger partial charge in [0.2, 0.25) is 6.41 Å². The van der Waals surface area contributed by atoms with Gasteiger partial charge in [0.05, 0.1) is 0 Å². The lowest BCUT2D eigenvalue weighted by atomic mass is 10.1. The normalized spacial score (nSPS) is 14.0. The molecule has 7 heteroatoms. The van der Waals surface area contributed by atoms with Gasteiger partial charge in [0.15, 0.2) is 0 Å². The molecule has 0 bridgehead atoms. The molecule has 1 aromatic heterocycles. The third-order valence-electron chi connectivity index (χ3n) is 4.71. The first-order chi connectivity index (χ1) is 13.0. The Labute approximate surface area is 158 Å². The first kappa shape index (κ1) is 18.6. The van der Waals surface area contributed by atoms with Gasteiger partial charge in [-0.15, -0.1) is 0 Å². The van der Waals surface area contributed by atoms with Crippen molar-refractivity contribution in [2.75, 3.05) is 31.5 Å². The average molecular weight is 366 g/mol. The van der Waals surface area contributed by atoms with E-state index in [1.165, 1.54) is 12.3 Å². The number of carbonyl (C=O) groups is 3. The maximum atomic E-state index is 12.7. The Balaban J connectivity index is 1.74. The van der Waals surface area contributed by atoms with Gasteiger partial charge < -0.3 is 15.1 Å². The quantitative estimate of drug-likeness (QED) is 0.838. The lowest BCUT2D eigenvalue weighted by molar-refractivity contribution is -0.119. The van der Waals surface area contributed by atoms with Crippen molar-refractivity contribution in [1.82, 2.24) is 14.8 Å². The molecule has 0 radical (unpaired) electrons. The molecular weight excluding hydrogens is 344 g/mol. The van der Waals surface area contributed by atoms with Crippen LogP contribution in [0.3, 0.4) is 0 Å². The number of hydrogen-bond donors (Lipinski definition) is 1. The summed E-state index contributed by atoms with van der Waals surface area (Å²) in [6.45, 7) is 5.78. The molecule has 1 N–H and O–H groups in total. The zero-order valence-electron chi connectivity index (χ0n) is 15.4. The van der Waals surface area contributed by atoms with E-state index in [0.29, 0.717) is 31.7 Å². The van der Waals surface area contributed by atoms with Gasteiger partial charge in [0.1, 0.15) is 5.69 Å². The molecule has 140 valence electrons. The Morgan fingerprint density at radius 2 is 1.74 bits per heavy atom. The highest BCUT2D eigenvalue weighted by atomic mass is 16.2. The van der Waals surface area contributed by atoms with Crippen LogP contribution in [0.5, 0.6) is 0 Å². The number of amides is 3. The van der Waals surface area contributed by atoms with Crippen LogP contribution < -0.4 is 5.32 Å². The van der Waals surface area contributed by atoms with Gasteiger partial charge in [-0.1, -0.05) is 18.2 Å². The zero-order chi connectivity index (χ0) is 19.4. The van der Waals surface area contributed by atoms with E-state index in [0.717, 1.165) is 23.2 Å². The fourth-order valence-electron chi connectivity index (χ4n) is 3.08. The Morgan fingerprint density at radius 3 is 2.37 bits per heavy atom. The minimum atomic E-state index is -0.283. The molecule has 0 saturated carbocycles. The van der Waals surface area contributed by atoms with Gasteiger partial charge in [-0.25, -0.2) is 0 Å². The number of benzene rings is 1. The molecule has 1 aliphatic heterocycles. The molecule has 7 nitrogen and oxygen atoms in total. The van der Waals surface area contributed by atoms with E-state index >= 15 is 0 Å². The van der Waals surface area contributed by atoms with Crippen molar-refractivity contribution in [3.8, 4) is 0 Å². The number of piperazine rings is 1. The van der Waals surface area contributed by atoms with Crippen LogP contribution in [0.25, 0.3) is 0 Å². The summed E-state index contributed by atoms with van der Waals surface area (Å²) in [6, 6.07) is 8.90. The van der Waals surface area contributed by atoms with Crippen molar-refractivity contribution in [1.29, 1.82) is 0 Å². The molecule has 0 spiro atoms. The lowest BCUT2D eigenvalue weighted by Gasteiger charge is -2.32. The summed E-state index contributed by atoms with van der Waals surface area (Å²) in [5.74, 6) is -0.517. The molecule has 0 atom stereocenters.